The summed E-state index contributed by atoms with van der Waals surface area (Å²) in [6.45, 7) is 11.0. The minimum Gasteiger partial charge on any atom is -0.494 e. The molecule has 0 saturated carbocycles. The highest BCUT2D eigenvalue weighted by molar-refractivity contribution is 7.13. The third kappa shape index (κ3) is 17.2. The number of rotatable bonds is 28. The summed E-state index contributed by atoms with van der Waals surface area (Å²) in [5.41, 5.74) is 9.07. The summed E-state index contributed by atoms with van der Waals surface area (Å²) in [4.78, 5) is 77.1. The van der Waals surface area contributed by atoms with Gasteiger partial charge >= 0.3 is 0 Å². The van der Waals surface area contributed by atoms with E-state index in [1.165, 1.54) is 4.90 Å². The number of amides is 4. The second kappa shape index (κ2) is 29.0. The van der Waals surface area contributed by atoms with E-state index in [0.29, 0.717) is 42.5 Å². The maximum absolute atomic E-state index is 14.1. The Balaban J connectivity index is 0.816. The van der Waals surface area contributed by atoms with E-state index in [-0.39, 0.29) is 43.1 Å². The fourth-order valence-corrected chi connectivity index (χ4v) is 10.9. The highest BCUT2D eigenvalue weighted by atomic mass is 32.1. The van der Waals surface area contributed by atoms with E-state index in [4.69, 9.17) is 9.72 Å². The summed E-state index contributed by atoms with van der Waals surface area (Å²) < 4.78 is 7.97. The molecule has 1 aliphatic heterocycles. The summed E-state index contributed by atoms with van der Waals surface area (Å²) in [5.74, 6) is -0.166. The van der Waals surface area contributed by atoms with Crippen molar-refractivity contribution in [1.82, 2.24) is 44.9 Å². The van der Waals surface area contributed by atoms with Gasteiger partial charge in [-0.15, -0.1) is 11.3 Å². The second-order valence-corrected chi connectivity index (χ2v) is 23.5. The van der Waals surface area contributed by atoms with Crippen molar-refractivity contribution in [2.75, 3.05) is 83.6 Å². The number of hydrogen-bond donors (Lipinski definition) is 5. The maximum Gasteiger partial charge on any atom is 0.248 e. The molecular formula is C62H84N12O6S. The Morgan fingerprint density at radius 2 is 1.63 bits per heavy atom. The molecule has 1 aliphatic rings. The van der Waals surface area contributed by atoms with Crippen LogP contribution in [-0.4, -0.2) is 149 Å². The van der Waals surface area contributed by atoms with E-state index < -0.39 is 23.6 Å². The number of nitrogens with one attached hydrogen (secondary N) is 4. The summed E-state index contributed by atoms with van der Waals surface area (Å²) in [5, 5.41) is 24.2. The summed E-state index contributed by atoms with van der Waals surface area (Å²) in [6.07, 6.45) is 13.7. The first-order chi connectivity index (χ1) is 38.8. The van der Waals surface area contributed by atoms with Crippen LogP contribution in [-0.2, 0) is 32.8 Å². The number of ether oxygens (including phenoxy) is 1. The largest absolute Gasteiger partial charge is 0.494 e. The maximum atomic E-state index is 14.1. The highest BCUT2D eigenvalue weighted by Crippen LogP contribution is 2.39. The molecule has 3 atom stereocenters. The van der Waals surface area contributed by atoms with Gasteiger partial charge in [-0.25, -0.2) is 15.0 Å². The lowest BCUT2D eigenvalue weighted by Gasteiger charge is -2.35. The molecule has 0 aliphatic carbocycles. The number of para-hydroxylation sites is 1. The standard InChI is InChI=1S/C62H84N12O6S/c1-42-57(81-41-65-42)44-27-25-43(26-28-44)38-64-59(78)53-35-45(75)39-74(53)60(79)58(62(2,3)4)69-56(77)23-16-14-12-11-13-15-19-31-71(7)32-20-24-55(76)66-49-36-50(54(80-10)37-52(49)72(8)34-33-70(5)6)68-61-63-30-29-48(67-61)47-40-73(9)51-22-18-17-21-46(47)51/h17-18,20-22,24-30,36-37,40-41,45,53,58,75H,11-16,19,23,31-35,38-39H2,1-10H3,(H,64,78)(H,66,76)(H,69,77)(H,63,67,68). The number of nitrogens with zero attached hydrogens (tertiary/aromatic N) is 8. The zero-order valence-corrected chi connectivity index (χ0v) is 49.9. The lowest BCUT2D eigenvalue weighted by atomic mass is 9.85. The van der Waals surface area contributed by atoms with Crippen LogP contribution in [0.4, 0.5) is 23.0 Å². The van der Waals surface area contributed by atoms with Gasteiger partial charge in [-0.05, 0) is 82.2 Å². The van der Waals surface area contributed by atoms with Gasteiger partial charge in [-0.3, -0.25) is 19.2 Å². The molecule has 1 saturated heterocycles. The number of thiazole rings is 1. The number of anilines is 4. The first-order valence-electron chi connectivity index (χ1n) is 28.2. The Labute approximate surface area is 482 Å². The van der Waals surface area contributed by atoms with Gasteiger partial charge in [0.05, 0.1) is 52.1 Å². The van der Waals surface area contributed by atoms with Gasteiger partial charge in [-0.2, -0.15) is 0 Å². The smallest absolute Gasteiger partial charge is 0.248 e. The molecule has 0 radical (unpaired) electrons. The average Bonchev–Trinajstić information content (AvgIpc) is 4.17. The number of benzene rings is 3. The highest BCUT2D eigenvalue weighted by Gasteiger charge is 2.44. The second-order valence-electron chi connectivity index (χ2n) is 22.7. The molecule has 7 rings (SSSR count). The number of likely N-dealkylation sites (tertiary alicyclic amines) is 1. The first kappa shape index (κ1) is 61.4. The van der Waals surface area contributed by atoms with Crippen molar-refractivity contribution in [2.45, 2.75) is 110 Å². The van der Waals surface area contributed by atoms with Gasteiger partial charge in [0.25, 0.3) is 0 Å². The normalized spacial score (nSPS) is 15.0. The molecule has 3 unspecified atom stereocenters. The number of β-amino-alcohol motifs (C(OH)–C–C–N with tert-alkyl or cyclic N) is 1. The quantitative estimate of drug-likeness (QED) is 0.0230. The van der Waals surface area contributed by atoms with Crippen LogP contribution >= 0.6 is 11.3 Å². The number of aliphatic hydroxyl groups is 1. The Morgan fingerprint density at radius 3 is 2.33 bits per heavy atom. The van der Waals surface area contributed by atoms with Gasteiger partial charge in [0.2, 0.25) is 29.6 Å². The third-order valence-electron chi connectivity index (χ3n) is 14.8. The van der Waals surface area contributed by atoms with E-state index in [0.717, 1.165) is 108 Å². The van der Waals surface area contributed by atoms with Crippen molar-refractivity contribution in [3.8, 4) is 27.4 Å². The van der Waals surface area contributed by atoms with E-state index in [2.05, 4.69) is 75.9 Å². The number of fused-ring (bicyclic) bond motifs is 1. The number of carbonyl (C=O) groups is 4. The summed E-state index contributed by atoms with van der Waals surface area (Å²) in [6, 6.07) is 20.2. The Morgan fingerprint density at radius 1 is 0.901 bits per heavy atom. The van der Waals surface area contributed by atoms with Gasteiger partial charge in [0, 0.05) is 101 Å². The molecule has 19 heteroatoms. The fraction of sp³-hybridized carbons (Fsp3) is 0.468. The third-order valence-corrected chi connectivity index (χ3v) is 15.8. The molecule has 1 fully saturated rings. The molecule has 5 N–H and O–H groups in total. The van der Waals surface area contributed by atoms with Crippen molar-refractivity contribution in [3.05, 3.63) is 108 Å². The van der Waals surface area contributed by atoms with Gasteiger partial charge in [0.15, 0.2) is 0 Å². The minimum atomic E-state index is -0.859. The van der Waals surface area contributed by atoms with Crippen molar-refractivity contribution in [3.63, 3.8) is 0 Å². The topological polar surface area (TPSA) is 202 Å². The molecule has 434 valence electrons. The van der Waals surface area contributed by atoms with Gasteiger partial charge < -0.3 is 55.3 Å². The van der Waals surface area contributed by atoms with E-state index in [9.17, 15) is 24.3 Å². The van der Waals surface area contributed by atoms with Crippen LogP contribution in [0.5, 0.6) is 5.75 Å². The van der Waals surface area contributed by atoms with Crippen molar-refractivity contribution >= 4 is 68.9 Å². The van der Waals surface area contributed by atoms with Crippen LogP contribution in [0.25, 0.3) is 32.6 Å². The molecule has 3 aromatic carbocycles. The number of unbranched alkanes of at least 4 members (excludes halogenated alkanes) is 6. The molecule has 0 spiro atoms. The predicted molar refractivity (Wildman–Crippen MR) is 326 cm³/mol. The summed E-state index contributed by atoms with van der Waals surface area (Å²) in [7, 11) is 11.8. The molecule has 3 aromatic heterocycles. The SMILES string of the molecule is COc1cc(N(C)CCN(C)C)c(NC(=O)C=CCN(C)CCCCCCCCCC(=O)NC(C(=O)N2CC(O)CC2C(=O)NCc2ccc(-c3scnc3C)cc2)C(C)(C)C)cc1Nc1nccc(-c2cn(C)c3ccccc23)n1. The van der Waals surface area contributed by atoms with Gasteiger partial charge in [-0.1, -0.05) is 101 Å². The van der Waals surface area contributed by atoms with Crippen LogP contribution in [0, 0.1) is 12.3 Å². The number of methoxy groups -OCH3 is 1. The number of aromatic nitrogens is 4. The van der Waals surface area contributed by atoms with Crippen molar-refractivity contribution < 1.29 is 29.0 Å². The number of aliphatic hydroxyl groups excluding tert-OH is 1. The Hall–Kier alpha value is -7.19. The first-order valence-corrected chi connectivity index (χ1v) is 29.1. The molecule has 81 heavy (non-hydrogen) atoms. The molecular weight excluding hydrogens is 1040 g/mol. The Bertz CT molecular complexity index is 3090. The molecule has 0 bridgehead atoms. The lowest BCUT2D eigenvalue weighted by molar-refractivity contribution is -0.144. The molecule has 6 aromatic rings. The molecule has 18 nitrogen and oxygen atoms in total. The minimum absolute atomic E-state index is 0.0281. The number of hydrogen-bond acceptors (Lipinski definition) is 14. The average molecular weight is 1130 g/mol. The number of likely N-dealkylation sites (N-methyl/N-ethyl adjacent to an activating group) is 3. The summed E-state index contributed by atoms with van der Waals surface area (Å²) >= 11 is 1.58. The molecule has 4 heterocycles. The van der Waals surface area contributed by atoms with Crippen LogP contribution in [0.15, 0.2) is 96.8 Å². The van der Waals surface area contributed by atoms with Crippen LogP contribution < -0.4 is 30.9 Å². The fourth-order valence-electron chi connectivity index (χ4n) is 10.1. The Kier molecular flexibility index (Phi) is 22.0. The van der Waals surface area contributed by atoms with Crippen molar-refractivity contribution in [2.24, 2.45) is 12.5 Å². The van der Waals surface area contributed by atoms with Crippen LogP contribution in [0.1, 0.15) is 89.8 Å². The zero-order chi connectivity index (χ0) is 58.2. The van der Waals surface area contributed by atoms with Crippen molar-refractivity contribution in [1.29, 1.82) is 0 Å². The number of carbonyl (C=O) groups excluding carboxylic acids is 4. The van der Waals surface area contributed by atoms with Crippen LogP contribution in [0.3, 0.4) is 0 Å². The van der Waals surface area contributed by atoms with E-state index in [1.807, 2.05) is 122 Å². The van der Waals surface area contributed by atoms with Crippen LogP contribution in [0.2, 0.25) is 0 Å². The van der Waals surface area contributed by atoms with E-state index in [1.54, 1.807) is 30.7 Å². The van der Waals surface area contributed by atoms with E-state index >= 15 is 0 Å². The predicted octanol–water partition coefficient (Wildman–Crippen LogP) is 9.17. The van der Waals surface area contributed by atoms with Gasteiger partial charge in [0.1, 0.15) is 17.8 Å². The zero-order valence-electron chi connectivity index (χ0n) is 49.1. The number of aryl methyl sites for hydroxylation is 2. The molecule has 4 amide bonds. The lowest BCUT2D eigenvalue weighted by Crippen LogP contribution is -2.57. The monoisotopic (exact) mass is 1120 g/mol.